The normalized spacial score (nSPS) is 13.4. The first-order chi connectivity index (χ1) is 9.65. The van der Waals surface area contributed by atoms with Gasteiger partial charge in [-0.2, -0.15) is 0 Å². The van der Waals surface area contributed by atoms with Gasteiger partial charge >= 0.3 is 0 Å². The summed E-state index contributed by atoms with van der Waals surface area (Å²) in [6, 6.07) is 5.97. The fourth-order valence-corrected chi connectivity index (χ4v) is 2.88. The minimum absolute atomic E-state index is 0.0337. The highest BCUT2D eigenvalue weighted by Crippen LogP contribution is 2.13. The molecule has 118 valence electrons. The summed E-state index contributed by atoms with van der Waals surface area (Å²) in [5.74, 6) is -0.0165. The fourth-order valence-electron chi connectivity index (χ4n) is 1.68. The van der Waals surface area contributed by atoms with E-state index in [9.17, 15) is 8.42 Å². The Hall–Kier alpha value is -1.60. The van der Waals surface area contributed by atoms with Crippen LogP contribution in [0.25, 0.3) is 0 Å². The third kappa shape index (κ3) is 5.73. The number of nitrogens with two attached hydrogens (primary N) is 1. The Bertz CT molecular complexity index is 587. The molecule has 0 unspecified atom stereocenters. The van der Waals surface area contributed by atoms with Crippen molar-refractivity contribution in [2.24, 2.45) is 16.3 Å². The lowest BCUT2D eigenvalue weighted by atomic mass is 9.97. The van der Waals surface area contributed by atoms with Crippen molar-refractivity contribution in [3.63, 3.8) is 0 Å². The Morgan fingerprint density at radius 1 is 1.29 bits per heavy atom. The number of oxime groups is 1. The summed E-state index contributed by atoms with van der Waals surface area (Å²) in [4.78, 5) is 0.231. The zero-order valence-electron chi connectivity index (χ0n) is 12.6. The third-order valence-electron chi connectivity index (χ3n) is 2.82. The summed E-state index contributed by atoms with van der Waals surface area (Å²) >= 11 is 0. The third-order valence-corrected chi connectivity index (χ3v) is 4.55. The van der Waals surface area contributed by atoms with Crippen molar-refractivity contribution in [2.75, 3.05) is 18.8 Å². The van der Waals surface area contributed by atoms with E-state index in [1.165, 1.54) is 24.3 Å². The fraction of sp³-hybridized carbons (Fsp3) is 0.500. The molecule has 1 aromatic rings. The van der Waals surface area contributed by atoms with Crippen molar-refractivity contribution in [3.05, 3.63) is 29.8 Å². The molecule has 0 bridgehead atoms. The molecule has 0 aliphatic carbocycles. The lowest BCUT2D eigenvalue weighted by molar-refractivity contribution is 0.318. The number of nitrogens with zero attached hydrogens (tertiary/aromatic N) is 1. The number of sulfone groups is 1. The molecule has 0 aromatic heterocycles. The van der Waals surface area contributed by atoms with E-state index in [2.05, 4.69) is 31.2 Å². The molecule has 0 amide bonds. The van der Waals surface area contributed by atoms with Gasteiger partial charge in [0.15, 0.2) is 15.7 Å². The van der Waals surface area contributed by atoms with Crippen molar-refractivity contribution in [1.29, 1.82) is 0 Å². The van der Waals surface area contributed by atoms with Crippen LogP contribution in [0.4, 0.5) is 0 Å². The minimum atomic E-state index is -3.33. The zero-order chi connectivity index (χ0) is 16.1. The Morgan fingerprint density at radius 2 is 1.86 bits per heavy atom. The van der Waals surface area contributed by atoms with Gasteiger partial charge in [0.1, 0.15) is 0 Å². The maximum absolute atomic E-state index is 12.2. The topological polar surface area (TPSA) is 105 Å². The van der Waals surface area contributed by atoms with Crippen molar-refractivity contribution in [3.8, 4) is 0 Å². The first kappa shape index (κ1) is 17.5. The van der Waals surface area contributed by atoms with Crippen molar-refractivity contribution in [2.45, 2.75) is 25.7 Å². The van der Waals surface area contributed by atoms with Crippen molar-refractivity contribution < 1.29 is 13.6 Å². The second-order valence-electron chi connectivity index (χ2n) is 6.07. The van der Waals surface area contributed by atoms with E-state index < -0.39 is 9.84 Å². The molecule has 0 saturated heterocycles. The van der Waals surface area contributed by atoms with Gasteiger partial charge in [0.25, 0.3) is 0 Å². The second-order valence-corrected chi connectivity index (χ2v) is 8.18. The molecule has 21 heavy (non-hydrogen) atoms. The van der Waals surface area contributed by atoms with Gasteiger partial charge in [-0.3, -0.25) is 0 Å². The van der Waals surface area contributed by atoms with E-state index in [1.807, 2.05) is 0 Å². The van der Waals surface area contributed by atoms with E-state index in [-0.39, 0.29) is 21.9 Å². The first-order valence-corrected chi connectivity index (χ1v) is 8.32. The average Bonchev–Trinajstić information content (AvgIpc) is 2.42. The molecular weight excluding hydrogens is 290 g/mol. The predicted molar refractivity (Wildman–Crippen MR) is 83.3 cm³/mol. The summed E-state index contributed by atoms with van der Waals surface area (Å²) in [6.45, 7) is 7.41. The first-order valence-electron chi connectivity index (χ1n) is 6.67. The van der Waals surface area contributed by atoms with Gasteiger partial charge in [-0.1, -0.05) is 25.9 Å². The van der Waals surface area contributed by atoms with Gasteiger partial charge in [0.05, 0.1) is 10.6 Å². The number of nitrogens with one attached hydrogen (secondary N) is 1. The predicted octanol–water partition coefficient (Wildman–Crippen LogP) is 1.19. The van der Waals surface area contributed by atoms with Crippen LogP contribution >= 0.6 is 0 Å². The summed E-state index contributed by atoms with van der Waals surface area (Å²) in [5, 5.41) is 14.6. The Balaban J connectivity index is 2.66. The lowest BCUT2D eigenvalue weighted by Gasteiger charge is -2.18. The van der Waals surface area contributed by atoms with Crippen LogP contribution < -0.4 is 11.1 Å². The highest BCUT2D eigenvalue weighted by atomic mass is 32.2. The number of rotatable bonds is 6. The van der Waals surface area contributed by atoms with Gasteiger partial charge in [-0.05, 0) is 29.7 Å². The van der Waals surface area contributed by atoms with E-state index >= 15 is 0 Å². The van der Waals surface area contributed by atoms with E-state index in [1.54, 1.807) is 0 Å². The van der Waals surface area contributed by atoms with Crippen LogP contribution in [0.1, 0.15) is 26.3 Å². The Kier molecular flexibility index (Phi) is 5.74. The van der Waals surface area contributed by atoms with Crippen LogP contribution in [-0.2, 0) is 9.84 Å². The largest absolute Gasteiger partial charge is 0.409 e. The lowest BCUT2D eigenvalue weighted by Crippen LogP contribution is -2.31. The van der Waals surface area contributed by atoms with Crippen LogP contribution in [0, 0.1) is 5.41 Å². The highest BCUT2D eigenvalue weighted by Gasteiger charge is 2.15. The highest BCUT2D eigenvalue weighted by molar-refractivity contribution is 7.91. The number of hydrogen-bond acceptors (Lipinski definition) is 5. The van der Waals surface area contributed by atoms with Crippen LogP contribution in [0.5, 0.6) is 0 Å². The quantitative estimate of drug-likeness (QED) is 0.240. The van der Waals surface area contributed by atoms with Crippen molar-refractivity contribution >= 4 is 15.7 Å². The van der Waals surface area contributed by atoms with E-state index in [0.717, 1.165) is 6.54 Å². The maximum atomic E-state index is 12.2. The monoisotopic (exact) mass is 313 g/mol. The second kappa shape index (κ2) is 6.91. The van der Waals surface area contributed by atoms with E-state index in [4.69, 9.17) is 10.9 Å². The molecular formula is C14H23N3O3S. The summed E-state index contributed by atoms with van der Waals surface area (Å²) in [7, 11) is -3.33. The molecule has 7 heteroatoms. The standard InChI is InChI=1S/C14H23N3O3S/c1-14(2,3)10-16-8-9-21(19,20)12-6-4-11(5-7-12)13(15)17-18/h4-7,16,18H,8-10H2,1-3H3,(H2,15,17). The molecule has 0 radical (unpaired) electrons. The molecule has 6 nitrogen and oxygen atoms in total. The molecule has 0 spiro atoms. The summed E-state index contributed by atoms with van der Waals surface area (Å²) in [6.07, 6.45) is 0. The Labute approximate surface area is 126 Å². The summed E-state index contributed by atoms with van der Waals surface area (Å²) < 4.78 is 24.3. The molecule has 0 fully saturated rings. The molecule has 1 aromatic carbocycles. The summed E-state index contributed by atoms with van der Waals surface area (Å²) in [5.41, 5.74) is 6.02. The van der Waals surface area contributed by atoms with Gasteiger partial charge in [0.2, 0.25) is 0 Å². The molecule has 0 atom stereocenters. The SMILES string of the molecule is CC(C)(C)CNCCS(=O)(=O)c1ccc(/C(N)=N/O)cc1. The average molecular weight is 313 g/mol. The number of benzene rings is 1. The zero-order valence-corrected chi connectivity index (χ0v) is 13.4. The van der Waals surface area contributed by atoms with E-state index in [0.29, 0.717) is 12.1 Å². The maximum Gasteiger partial charge on any atom is 0.179 e. The molecule has 1 rings (SSSR count). The number of hydrogen-bond donors (Lipinski definition) is 3. The molecule has 0 aliphatic heterocycles. The minimum Gasteiger partial charge on any atom is -0.409 e. The van der Waals surface area contributed by atoms with Crippen LogP contribution in [0.3, 0.4) is 0 Å². The molecule has 4 N–H and O–H groups in total. The molecule has 0 heterocycles. The van der Waals surface area contributed by atoms with Crippen LogP contribution in [0.15, 0.2) is 34.3 Å². The number of amidine groups is 1. The van der Waals surface area contributed by atoms with Crippen molar-refractivity contribution in [1.82, 2.24) is 5.32 Å². The van der Waals surface area contributed by atoms with Crippen LogP contribution in [-0.4, -0.2) is 38.3 Å². The van der Waals surface area contributed by atoms with Gasteiger partial charge < -0.3 is 16.3 Å². The smallest absolute Gasteiger partial charge is 0.179 e. The molecule has 0 aliphatic rings. The van der Waals surface area contributed by atoms with Gasteiger partial charge in [0, 0.05) is 18.7 Å². The van der Waals surface area contributed by atoms with Gasteiger partial charge in [-0.25, -0.2) is 8.42 Å². The van der Waals surface area contributed by atoms with Gasteiger partial charge in [-0.15, -0.1) is 0 Å². The van der Waals surface area contributed by atoms with Crippen LogP contribution in [0.2, 0.25) is 0 Å². The molecule has 0 saturated carbocycles. The Morgan fingerprint density at radius 3 is 2.33 bits per heavy atom.